The SMILES string of the molecule is CC(C)c1ccc(C(N)=O)cc1-c1ccc(N(C)C(=O)c2c(F)cccc2Cl)c(N2CC(F)C2)c1. The van der Waals surface area contributed by atoms with Crippen LogP contribution in [-0.4, -0.2) is 38.1 Å². The monoisotopic (exact) mass is 497 g/mol. The molecular weight excluding hydrogens is 472 g/mol. The number of amides is 2. The van der Waals surface area contributed by atoms with Crippen LogP contribution in [-0.2, 0) is 0 Å². The lowest BCUT2D eigenvalue weighted by molar-refractivity contribution is 0.0985. The number of carbonyl (C=O) groups is 2. The van der Waals surface area contributed by atoms with Gasteiger partial charge in [-0.05, 0) is 59.0 Å². The van der Waals surface area contributed by atoms with Crippen molar-refractivity contribution in [3.63, 3.8) is 0 Å². The molecule has 1 heterocycles. The van der Waals surface area contributed by atoms with Crippen molar-refractivity contribution in [2.24, 2.45) is 5.73 Å². The summed E-state index contributed by atoms with van der Waals surface area (Å²) in [4.78, 5) is 28.2. The van der Waals surface area contributed by atoms with Crippen molar-refractivity contribution in [2.75, 3.05) is 29.9 Å². The first-order valence-electron chi connectivity index (χ1n) is 11.3. The Bertz CT molecular complexity index is 1290. The summed E-state index contributed by atoms with van der Waals surface area (Å²) in [6, 6.07) is 14.8. The van der Waals surface area contributed by atoms with Crippen LogP contribution in [0.5, 0.6) is 0 Å². The number of alkyl halides is 1. The maximum atomic E-state index is 14.4. The summed E-state index contributed by atoms with van der Waals surface area (Å²) in [6.07, 6.45) is -0.974. The summed E-state index contributed by atoms with van der Waals surface area (Å²) in [6.45, 7) is 4.45. The van der Waals surface area contributed by atoms with E-state index in [1.165, 1.54) is 30.1 Å². The largest absolute Gasteiger partial charge is 0.366 e. The molecule has 2 N–H and O–H groups in total. The van der Waals surface area contributed by atoms with Crippen LogP contribution in [0, 0.1) is 5.82 Å². The highest BCUT2D eigenvalue weighted by molar-refractivity contribution is 6.34. The topological polar surface area (TPSA) is 66.6 Å². The van der Waals surface area contributed by atoms with Gasteiger partial charge in [-0.3, -0.25) is 9.59 Å². The highest BCUT2D eigenvalue weighted by atomic mass is 35.5. The Morgan fingerprint density at radius 3 is 2.43 bits per heavy atom. The summed E-state index contributed by atoms with van der Waals surface area (Å²) in [5, 5.41) is 0.0117. The molecule has 3 aromatic rings. The Morgan fingerprint density at radius 1 is 1.11 bits per heavy atom. The molecule has 1 aliphatic rings. The lowest BCUT2D eigenvalue weighted by atomic mass is 9.90. The molecule has 35 heavy (non-hydrogen) atoms. The van der Waals surface area contributed by atoms with Crippen LogP contribution in [0.1, 0.15) is 46.0 Å². The van der Waals surface area contributed by atoms with Crippen molar-refractivity contribution < 1.29 is 18.4 Å². The van der Waals surface area contributed by atoms with Gasteiger partial charge in [0.1, 0.15) is 12.0 Å². The van der Waals surface area contributed by atoms with Crippen molar-refractivity contribution in [3.8, 4) is 11.1 Å². The fraction of sp³-hybridized carbons (Fsp3) is 0.259. The van der Waals surface area contributed by atoms with Gasteiger partial charge in [-0.15, -0.1) is 0 Å². The minimum absolute atomic E-state index is 0.0117. The first-order chi connectivity index (χ1) is 16.6. The van der Waals surface area contributed by atoms with Crippen LogP contribution in [0.3, 0.4) is 0 Å². The van der Waals surface area contributed by atoms with E-state index < -0.39 is 23.8 Å². The summed E-state index contributed by atoms with van der Waals surface area (Å²) in [5.41, 5.74) is 9.41. The van der Waals surface area contributed by atoms with Crippen LogP contribution in [0.25, 0.3) is 11.1 Å². The third-order valence-corrected chi connectivity index (χ3v) is 6.58. The van der Waals surface area contributed by atoms with E-state index in [-0.39, 0.29) is 29.6 Å². The van der Waals surface area contributed by atoms with Gasteiger partial charge in [0.25, 0.3) is 5.91 Å². The van der Waals surface area contributed by atoms with Crippen molar-refractivity contribution >= 4 is 34.8 Å². The third-order valence-electron chi connectivity index (χ3n) is 6.27. The molecule has 1 fully saturated rings. The Hall–Kier alpha value is -3.45. The number of hydrogen-bond donors (Lipinski definition) is 1. The van der Waals surface area contributed by atoms with Crippen molar-refractivity contribution in [1.82, 2.24) is 0 Å². The van der Waals surface area contributed by atoms with E-state index in [2.05, 4.69) is 0 Å². The number of rotatable bonds is 6. The second kappa shape index (κ2) is 9.66. The van der Waals surface area contributed by atoms with Crippen molar-refractivity contribution in [1.29, 1.82) is 0 Å². The van der Waals surface area contributed by atoms with Gasteiger partial charge in [-0.2, -0.15) is 0 Å². The van der Waals surface area contributed by atoms with Gasteiger partial charge in [-0.25, -0.2) is 8.78 Å². The van der Waals surface area contributed by atoms with Gasteiger partial charge < -0.3 is 15.5 Å². The van der Waals surface area contributed by atoms with Gasteiger partial charge in [-0.1, -0.05) is 43.6 Å². The maximum absolute atomic E-state index is 14.4. The molecule has 1 aliphatic heterocycles. The van der Waals surface area contributed by atoms with Crippen LogP contribution in [0.4, 0.5) is 20.2 Å². The van der Waals surface area contributed by atoms with Gasteiger partial charge in [0.05, 0.1) is 35.1 Å². The Kier molecular flexibility index (Phi) is 6.81. The molecule has 0 unspecified atom stereocenters. The minimum atomic E-state index is -0.974. The molecule has 5 nitrogen and oxygen atoms in total. The molecule has 182 valence electrons. The molecule has 0 spiro atoms. The lowest BCUT2D eigenvalue weighted by Crippen LogP contribution is -2.49. The smallest absolute Gasteiger partial charge is 0.262 e. The molecule has 0 bridgehead atoms. The highest BCUT2D eigenvalue weighted by Gasteiger charge is 2.31. The number of benzene rings is 3. The maximum Gasteiger partial charge on any atom is 0.262 e. The van der Waals surface area contributed by atoms with Gasteiger partial charge >= 0.3 is 0 Å². The average Bonchev–Trinajstić information content (AvgIpc) is 2.80. The first kappa shape index (κ1) is 24.7. The Balaban J connectivity index is 1.83. The number of anilines is 2. The number of nitrogens with zero attached hydrogens (tertiary/aromatic N) is 2. The first-order valence-corrected chi connectivity index (χ1v) is 11.7. The molecule has 0 aromatic heterocycles. The number of carbonyl (C=O) groups excluding carboxylic acids is 2. The molecule has 0 aliphatic carbocycles. The zero-order valence-electron chi connectivity index (χ0n) is 19.7. The van der Waals surface area contributed by atoms with E-state index in [0.29, 0.717) is 16.9 Å². The van der Waals surface area contributed by atoms with Crippen molar-refractivity contribution in [2.45, 2.75) is 25.9 Å². The highest BCUT2D eigenvalue weighted by Crippen LogP contribution is 2.39. The van der Waals surface area contributed by atoms with E-state index in [9.17, 15) is 18.4 Å². The fourth-order valence-corrected chi connectivity index (χ4v) is 4.54. The fourth-order valence-electron chi connectivity index (χ4n) is 4.29. The number of primary amides is 1. The molecule has 0 radical (unpaired) electrons. The van der Waals surface area contributed by atoms with Crippen LogP contribution < -0.4 is 15.5 Å². The summed E-state index contributed by atoms with van der Waals surface area (Å²) < 4.78 is 28.3. The van der Waals surface area contributed by atoms with E-state index in [1.54, 1.807) is 18.2 Å². The Labute approximate surface area is 208 Å². The summed E-state index contributed by atoms with van der Waals surface area (Å²) >= 11 is 6.12. The van der Waals surface area contributed by atoms with E-state index in [1.807, 2.05) is 36.9 Å². The van der Waals surface area contributed by atoms with E-state index >= 15 is 0 Å². The third kappa shape index (κ3) is 4.73. The number of nitrogens with two attached hydrogens (primary N) is 1. The molecule has 4 rings (SSSR count). The van der Waals surface area contributed by atoms with Gasteiger partial charge in [0, 0.05) is 12.6 Å². The molecule has 0 saturated carbocycles. The van der Waals surface area contributed by atoms with E-state index in [4.69, 9.17) is 17.3 Å². The second-order valence-corrected chi connectivity index (χ2v) is 9.39. The molecule has 1 saturated heterocycles. The van der Waals surface area contributed by atoms with Crippen LogP contribution >= 0.6 is 11.6 Å². The molecule has 0 atom stereocenters. The molecule has 3 aromatic carbocycles. The normalized spacial score (nSPS) is 13.6. The lowest BCUT2D eigenvalue weighted by Gasteiger charge is -2.39. The predicted molar refractivity (Wildman–Crippen MR) is 136 cm³/mol. The summed E-state index contributed by atoms with van der Waals surface area (Å²) in [5.74, 6) is -1.70. The zero-order valence-corrected chi connectivity index (χ0v) is 20.4. The van der Waals surface area contributed by atoms with Crippen LogP contribution in [0.15, 0.2) is 54.6 Å². The second-order valence-electron chi connectivity index (χ2n) is 8.99. The van der Waals surface area contributed by atoms with Crippen molar-refractivity contribution in [3.05, 3.63) is 82.1 Å². The average molecular weight is 498 g/mol. The quantitative estimate of drug-likeness (QED) is 0.468. The number of hydrogen-bond acceptors (Lipinski definition) is 3. The summed E-state index contributed by atoms with van der Waals surface area (Å²) in [7, 11) is 1.53. The molecular formula is C27H26ClF2N3O2. The predicted octanol–water partition coefficient (Wildman–Crippen LogP) is 5.80. The number of halogens is 3. The van der Waals surface area contributed by atoms with E-state index in [0.717, 1.165) is 16.7 Å². The minimum Gasteiger partial charge on any atom is -0.366 e. The zero-order chi connectivity index (χ0) is 25.4. The van der Waals surface area contributed by atoms with Crippen LogP contribution in [0.2, 0.25) is 5.02 Å². The molecule has 8 heteroatoms. The Morgan fingerprint density at radius 2 is 1.83 bits per heavy atom. The molecule has 2 amide bonds. The van der Waals surface area contributed by atoms with Gasteiger partial charge in [0.2, 0.25) is 5.91 Å². The van der Waals surface area contributed by atoms with Gasteiger partial charge in [0.15, 0.2) is 0 Å². The standard InChI is InChI=1S/C27H26ClF2N3O2/c1-15(2)19-9-7-17(26(31)34)11-20(19)16-8-10-23(24(12-16)33-13-18(29)14-33)32(3)27(35)25-21(28)5-4-6-22(25)30/h4-12,15,18H,13-14H2,1-3H3,(H2,31,34).